The lowest BCUT2D eigenvalue weighted by Gasteiger charge is -2.25. The SMILES string of the molecule is CCN(C)C(=O)C(C)NC(=O)N(CC(=O)O)C1CC1. The van der Waals surface area contributed by atoms with Crippen molar-refractivity contribution in [3.05, 3.63) is 0 Å². The van der Waals surface area contributed by atoms with E-state index in [1.807, 2.05) is 6.92 Å². The Balaban J connectivity index is 2.56. The van der Waals surface area contributed by atoms with Crippen molar-refractivity contribution in [3.8, 4) is 0 Å². The summed E-state index contributed by atoms with van der Waals surface area (Å²) >= 11 is 0. The molecule has 0 radical (unpaired) electrons. The summed E-state index contributed by atoms with van der Waals surface area (Å²) in [5, 5.41) is 11.3. The lowest BCUT2D eigenvalue weighted by Crippen LogP contribution is -2.51. The number of rotatable bonds is 6. The number of carboxylic acids is 1. The van der Waals surface area contributed by atoms with Crippen molar-refractivity contribution in [2.24, 2.45) is 0 Å². The van der Waals surface area contributed by atoms with Gasteiger partial charge in [-0.25, -0.2) is 4.79 Å². The number of hydrogen-bond acceptors (Lipinski definition) is 3. The predicted molar refractivity (Wildman–Crippen MR) is 68.7 cm³/mol. The average molecular weight is 271 g/mol. The van der Waals surface area contributed by atoms with Crippen LogP contribution in [-0.2, 0) is 9.59 Å². The molecule has 0 aliphatic heterocycles. The van der Waals surface area contributed by atoms with E-state index in [-0.39, 0.29) is 18.5 Å². The average Bonchev–Trinajstić information content (AvgIpc) is 3.17. The van der Waals surface area contributed by atoms with E-state index in [0.717, 1.165) is 12.8 Å². The van der Waals surface area contributed by atoms with Crippen molar-refractivity contribution < 1.29 is 19.5 Å². The third-order valence-corrected chi connectivity index (χ3v) is 3.12. The maximum absolute atomic E-state index is 12.0. The van der Waals surface area contributed by atoms with Crippen LogP contribution >= 0.6 is 0 Å². The minimum Gasteiger partial charge on any atom is -0.480 e. The van der Waals surface area contributed by atoms with Crippen LogP contribution in [0.2, 0.25) is 0 Å². The molecule has 1 aliphatic carbocycles. The molecule has 3 amide bonds. The normalized spacial score (nSPS) is 15.5. The van der Waals surface area contributed by atoms with Gasteiger partial charge >= 0.3 is 12.0 Å². The highest BCUT2D eigenvalue weighted by atomic mass is 16.4. The Morgan fingerprint density at radius 2 is 1.95 bits per heavy atom. The van der Waals surface area contributed by atoms with Gasteiger partial charge in [0.15, 0.2) is 0 Å². The fourth-order valence-corrected chi connectivity index (χ4v) is 1.71. The molecule has 7 heteroatoms. The van der Waals surface area contributed by atoms with Crippen LogP contribution in [-0.4, -0.2) is 65.0 Å². The number of hydrogen-bond donors (Lipinski definition) is 2. The van der Waals surface area contributed by atoms with Gasteiger partial charge in [0.25, 0.3) is 0 Å². The largest absolute Gasteiger partial charge is 0.480 e. The van der Waals surface area contributed by atoms with E-state index in [9.17, 15) is 14.4 Å². The number of nitrogens with one attached hydrogen (secondary N) is 1. The second kappa shape index (κ2) is 6.40. The summed E-state index contributed by atoms with van der Waals surface area (Å²) in [5.41, 5.74) is 0. The highest BCUT2D eigenvalue weighted by molar-refractivity contribution is 5.88. The van der Waals surface area contributed by atoms with Crippen LogP contribution in [0.15, 0.2) is 0 Å². The van der Waals surface area contributed by atoms with Crippen LogP contribution in [0.5, 0.6) is 0 Å². The number of carbonyl (C=O) groups excluding carboxylic acids is 2. The Hall–Kier alpha value is -1.79. The lowest BCUT2D eigenvalue weighted by molar-refractivity contribution is -0.137. The van der Waals surface area contributed by atoms with Crippen LogP contribution in [0.3, 0.4) is 0 Å². The summed E-state index contributed by atoms with van der Waals surface area (Å²) in [5.74, 6) is -1.24. The summed E-state index contributed by atoms with van der Waals surface area (Å²) in [6.45, 7) is 3.66. The number of carboxylic acid groups (broad SMARTS) is 1. The van der Waals surface area contributed by atoms with Gasteiger partial charge in [-0.15, -0.1) is 0 Å². The Kier molecular flexibility index (Phi) is 5.14. The van der Waals surface area contributed by atoms with E-state index < -0.39 is 18.0 Å². The molecule has 0 heterocycles. The molecule has 1 rings (SSSR count). The zero-order chi connectivity index (χ0) is 14.6. The highest BCUT2D eigenvalue weighted by Crippen LogP contribution is 2.26. The van der Waals surface area contributed by atoms with Crippen molar-refractivity contribution in [2.75, 3.05) is 20.1 Å². The standard InChI is InChI=1S/C12H21N3O4/c1-4-14(3)11(18)8(2)13-12(19)15(7-10(16)17)9-5-6-9/h8-9H,4-7H2,1-3H3,(H,13,19)(H,16,17). The molecule has 2 N–H and O–H groups in total. The Labute approximate surface area is 112 Å². The lowest BCUT2D eigenvalue weighted by atomic mass is 10.3. The highest BCUT2D eigenvalue weighted by Gasteiger charge is 2.35. The van der Waals surface area contributed by atoms with Crippen LogP contribution in [0, 0.1) is 0 Å². The maximum Gasteiger partial charge on any atom is 0.323 e. The van der Waals surface area contributed by atoms with Gasteiger partial charge in [0.1, 0.15) is 12.6 Å². The van der Waals surface area contributed by atoms with E-state index in [0.29, 0.717) is 6.54 Å². The van der Waals surface area contributed by atoms with E-state index in [4.69, 9.17) is 5.11 Å². The number of carbonyl (C=O) groups is 3. The molecule has 19 heavy (non-hydrogen) atoms. The van der Waals surface area contributed by atoms with Crippen LogP contribution in [0.4, 0.5) is 4.79 Å². The number of aliphatic carboxylic acids is 1. The van der Waals surface area contributed by atoms with E-state index in [1.165, 1.54) is 9.80 Å². The fourth-order valence-electron chi connectivity index (χ4n) is 1.71. The molecule has 0 spiro atoms. The summed E-state index contributed by atoms with van der Waals surface area (Å²) < 4.78 is 0. The Bertz CT molecular complexity index is 368. The number of nitrogens with zero attached hydrogens (tertiary/aromatic N) is 2. The monoisotopic (exact) mass is 271 g/mol. The smallest absolute Gasteiger partial charge is 0.323 e. The first-order valence-corrected chi connectivity index (χ1v) is 6.40. The number of amides is 3. The third-order valence-electron chi connectivity index (χ3n) is 3.12. The quantitative estimate of drug-likeness (QED) is 0.717. The molecular weight excluding hydrogens is 250 g/mol. The molecule has 0 aromatic rings. The molecule has 1 unspecified atom stereocenters. The second-order valence-corrected chi connectivity index (χ2v) is 4.78. The first-order valence-electron chi connectivity index (χ1n) is 6.40. The summed E-state index contributed by atoms with van der Waals surface area (Å²) in [7, 11) is 1.65. The molecule has 0 aromatic carbocycles. The third kappa shape index (κ3) is 4.42. The molecule has 1 atom stereocenters. The molecular formula is C12H21N3O4. The van der Waals surface area contributed by atoms with E-state index in [1.54, 1.807) is 14.0 Å². The second-order valence-electron chi connectivity index (χ2n) is 4.78. The van der Waals surface area contributed by atoms with Gasteiger partial charge in [0.05, 0.1) is 0 Å². The minimum absolute atomic E-state index is 0.0118. The van der Waals surface area contributed by atoms with Gasteiger partial charge < -0.3 is 20.2 Å². The van der Waals surface area contributed by atoms with Crippen molar-refractivity contribution in [1.82, 2.24) is 15.1 Å². The predicted octanol–water partition coefficient (Wildman–Crippen LogP) is 0.112. The van der Waals surface area contributed by atoms with Crippen molar-refractivity contribution in [3.63, 3.8) is 0 Å². The number of likely N-dealkylation sites (N-methyl/N-ethyl adjacent to an activating group) is 1. The van der Waals surface area contributed by atoms with E-state index >= 15 is 0 Å². The molecule has 1 aliphatic rings. The van der Waals surface area contributed by atoms with Gasteiger partial charge in [-0.3, -0.25) is 9.59 Å². The zero-order valence-electron chi connectivity index (χ0n) is 11.5. The van der Waals surface area contributed by atoms with Gasteiger partial charge in [0, 0.05) is 19.6 Å². The number of urea groups is 1. The molecule has 1 fully saturated rings. The summed E-state index contributed by atoms with van der Waals surface area (Å²) in [6, 6.07) is -1.16. The molecule has 0 aromatic heterocycles. The van der Waals surface area contributed by atoms with Gasteiger partial charge in [-0.1, -0.05) is 0 Å². The van der Waals surface area contributed by atoms with Gasteiger partial charge in [-0.05, 0) is 26.7 Å². The zero-order valence-corrected chi connectivity index (χ0v) is 11.5. The van der Waals surface area contributed by atoms with Gasteiger partial charge in [-0.2, -0.15) is 0 Å². The van der Waals surface area contributed by atoms with E-state index in [2.05, 4.69) is 5.32 Å². The van der Waals surface area contributed by atoms with Crippen LogP contribution < -0.4 is 5.32 Å². The van der Waals surface area contributed by atoms with Crippen molar-refractivity contribution in [1.29, 1.82) is 0 Å². The van der Waals surface area contributed by atoms with Crippen molar-refractivity contribution in [2.45, 2.75) is 38.8 Å². The Morgan fingerprint density at radius 1 is 1.37 bits per heavy atom. The maximum atomic E-state index is 12.0. The first-order chi connectivity index (χ1) is 8.86. The molecule has 108 valence electrons. The fraction of sp³-hybridized carbons (Fsp3) is 0.750. The molecule has 0 saturated heterocycles. The van der Waals surface area contributed by atoms with Crippen molar-refractivity contribution >= 4 is 17.9 Å². The summed E-state index contributed by atoms with van der Waals surface area (Å²) in [4.78, 5) is 37.3. The Morgan fingerprint density at radius 3 is 2.37 bits per heavy atom. The van der Waals surface area contributed by atoms with Gasteiger partial charge in [0.2, 0.25) is 5.91 Å². The molecule has 0 bridgehead atoms. The van der Waals surface area contributed by atoms with Crippen LogP contribution in [0.25, 0.3) is 0 Å². The summed E-state index contributed by atoms with van der Waals surface area (Å²) in [6.07, 6.45) is 1.63. The molecule has 1 saturated carbocycles. The first kappa shape index (κ1) is 15.3. The minimum atomic E-state index is -1.05. The topological polar surface area (TPSA) is 90.0 Å². The molecule has 7 nitrogen and oxygen atoms in total. The van der Waals surface area contributed by atoms with Crippen LogP contribution in [0.1, 0.15) is 26.7 Å².